The van der Waals surface area contributed by atoms with Gasteiger partial charge in [-0.2, -0.15) is 14.7 Å². The number of hydrogen-bond acceptors (Lipinski definition) is 6. The lowest BCUT2D eigenvalue weighted by Gasteiger charge is -2.28. The van der Waals surface area contributed by atoms with Crippen LogP contribution in [0.2, 0.25) is 0 Å². The molecule has 0 bridgehead atoms. The number of piperidine rings is 1. The Bertz CT molecular complexity index is 330. The third-order valence-electron chi connectivity index (χ3n) is 2.69. The summed E-state index contributed by atoms with van der Waals surface area (Å²) in [5, 5.41) is 2.87. The molecule has 6 N–H and O–H groups in total. The maximum Gasteiger partial charge on any atom is 0.479 e. The van der Waals surface area contributed by atoms with Crippen molar-refractivity contribution in [2.45, 2.75) is 18.5 Å². The average molecular weight is 288 g/mol. The highest BCUT2D eigenvalue weighted by atomic mass is 31.2. The molecule has 2 unspecified atom stereocenters. The first-order chi connectivity index (χ1) is 7.64. The van der Waals surface area contributed by atoms with Crippen molar-refractivity contribution < 1.29 is 33.8 Å². The lowest BCUT2D eigenvalue weighted by atomic mass is 9.96. The molecule has 0 radical (unpaired) electrons. The highest BCUT2D eigenvalue weighted by molar-refractivity contribution is 7.78. The van der Waals surface area contributed by atoms with Crippen molar-refractivity contribution in [3.8, 4) is 0 Å². The third kappa shape index (κ3) is 4.05. The molecule has 1 saturated heterocycles. The number of carbonyl (C=O) groups is 1. The minimum absolute atomic E-state index is 0.196. The Balaban J connectivity index is 2.96. The molecule has 8 nitrogen and oxygen atoms in total. The van der Waals surface area contributed by atoms with E-state index >= 15 is 0 Å². The first-order valence-corrected chi connectivity index (χ1v) is 8.34. The molecule has 1 aliphatic heterocycles. The van der Waals surface area contributed by atoms with E-state index in [0.29, 0.717) is 19.4 Å². The summed E-state index contributed by atoms with van der Waals surface area (Å²) in [4.78, 5) is 56.3. The fourth-order valence-corrected chi connectivity index (χ4v) is 4.52. The molecular weight excluding hydrogens is 272 g/mol. The Hall–Kier alpha value is 0.0900. The van der Waals surface area contributed by atoms with Crippen molar-refractivity contribution in [1.82, 2.24) is 5.32 Å². The van der Waals surface area contributed by atoms with Gasteiger partial charge >= 0.3 is 21.1 Å². The summed E-state index contributed by atoms with van der Waals surface area (Å²) in [7, 11) is -9.72. The van der Waals surface area contributed by atoms with Crippen molar-refractivity contribution in [3.05, 3.63) is 0 Å². The standard InChI is InChI=1S/C7H15NO7P2/c9-7(17(13,14)15)6(16(10,11)12)5-2-1-3-8-4-5/h5-6,8,13-15H,1-4H2,(H-,10,11,12)/p+1. The topological polar surface area (TPSA) is 147 Å². The van der Waals surface area contributed by atoms with E-state index in [4.69, 9.17) is 24.5 Å². The summed E-state index contributed by atoms with van der Waals surface area (Å²) in [5.74, 6) is -0.706. The van der Waals surface area contributed by atoms with Gasteiger partial charge in [-0.25, -0.2) is 4.79 Å². The summed E-state index contributed by atoms with van der Waals surface area (Å²) in [6, 6.07) is 0. The van der Waals surface area contributed by atoms with Gasteiger partial charge in [0.25, 0.3) is 0 Å². The van der Waals surface area contributed by atoms with Crippen LogP contribution >= 0.6 is 15.5 Å². The molecule has 0 aromatic carbocycles. The van der Waals surface area contributed by atoms with E-state index in [9.17, 15) is 9.36 Å². The second kappa shape index (κ2) is 5.38. The maximum atomic E-state index is 11.5. The van der Waals surface area contributed by atoms with E-state index in [0.717, 1.165) is 0 Å². The lowest BCUT2D eigenvalue weighted by molar-refractivity contribution is -0.115. The molecule has 0 saturated carbocycles. The van der Waals surface area contributed by atoms with Crippen LogP contribution < -0.4 is 5.32 Å². The molecule has 0 aromatic rings. The van der Waals surface area contributed by atoms with Crippen LogP contribution in [0.5, 0.6) is 0 Å². The van der Waals surface area contributed by atoms with E-state index in [1.54, 1.807) is 0 Å². The zero-order chi connectivity index (χ0) is 13.3. The van der Waals surface area contributed by atoms with Gasteiger partial charge in [0.1, 0.15) is 0 Å². The van der Waals surface area contributed by atoms with Crippen LogP contribution in [-0.2, 0) is 9.36 Å². The normalized spacial score (nSPS) is 24.4. The van der Waals surface area contributed by atoms with Gasteiger partial charge in [0, 0.05) is 0 Å². The van der Waals surface area contributed by atoms with E-state index in [2.05, 4.69) is 5.32 Å². The Kier molecular flexibility index (Phi) is 4.80. The van der Waals surface area contributed by atoms with E-state index in [-0.39, 0.29) is 6.54 Å². The summed E-state index contributed by atoms with van der Waals surface area (Å²) < 4.78 is 11.2. The molecule has 2 atom stereocenters. The largest absolute Gasteiger partial charge is 0.479 e. The quantitative estimate of drug-likeness (QED) is 0.353. The zero-order valence-electron chi connectivity index (χ0n) is 8.93. The van der Waals surface area contributed by atoms with Gasteiger partial charge in [0.15, 0.2) is 5.66 Å². The molecule has 0 spiro atoms. The predicted octanol–water partition coefficient (Wildman–Crippen LogP) is -1.20. The summed E-state index contributed by atoms with van der Waals surface area (Å²) in [6.45, 7) is 0.873. The summed E-state index contributed by atoms with van der Waals surface area (Å²) in [5.41, 5.74) is -3.41. The summed E-state index contributed by atoms with van der Waals surface area (Å²) >= 11 is 0. The SMILES string of the molecule is O=C(C(C1CCCNC1)P(=O)(O)O)[P+](O)(O)O. The average Bonchev–Trinajstić information content (AvgIpc) is 2.15. The van der Waals surface area contributed by atoms with Crippen molar-refractivity contribution in [3.63, 3.8) is 0 Å². The minimum Gasteiger partial charge on any atom is -0.324 e. The van der Waals surface area contributed by atoms with Crippen LogP contribution in [-0.4, -0.2) is 48.7 Å². The molecule has 1 heterocycles. The van der Waals surface area contributed by atoms with Gasteiger partial charge < -0.3 is 15.1 Å². The molecule has 1 rings (SSSR count). The first-order valence-electron chi connectivity index (χ1n) is 5.01. The fourth-order valence-electron chi connectivity index (χ4n) is 1.95. The summed E-state index contributed by atoms with van der Waals surface area (Å²) in [6.07, 6.45) is 1.01. The monoisotopic (exact) mass is 288 g/mol. The van der Waals surface area contributed by atoms with Crippen LogP contribution in [0.4, 0.5) is 0 Å². The molecular formula is C7H16NO7P2+. The molecule has 0 amide bonds. The van der Waals surface area contributed by atoms with Crippen LogP contribution in [0.1, 0.15) is 12.8 Å². The second-order valence-electron chi connectivity index (χ2n) is 4.05. The molecule has 0 aromatic heterocycles. The van der Waals surface area contributed by atoms with E-state index in [1.807, 2.05) is 0 Å². The highest BCUT2D eigenvalue weighted by Crippen LogP contribution is 2.57. The Labute approximate surface area is 98.4 Å². The van der Waals surface area contributed by atoms with Gasteiger partial charge in [-0.3, -0.25) is 4.57 Å². The van der Waals surface area contributed by atoms with Gasteiger partial charge in [-0.1, -0.05) is 0 Å². The number of hydrogen-bond donors (Lipinski definition) is 6. The van der Waals surface area contributed by atoms with Crippen molar-refractivity contribution in [2.24, 2.45) is 5.92 Å². The maximum absolute atomic E-state index is 11.5. The highest BCUT2D eigenvalue weighted by Gasteiger charge is 2.56. The van der Waals surface area contributed by atoms with E-state index in [1.165, 1.54) is 0 Å². The van der Waals surface area contributed by atoms with Crippen LogP contribution in [0.25, 0.3) is 0 Å². The predicted molar refractivity (Wildman–Crippen MR) is 60.0 cm³/mol. The molecule has 10 heteroatoms. The molecule has 17 heavy (non-hydrogen) atoms. The molecule has 100 valence electrons. The smallest absolute Gasteiger partial charge is 0.324 e. The van der Waals surface area contributed by atoms with Crippen LogP contribution in [0.15, 0.2) is 0 Å². The first kappa shape index (κ1) is 15.1. The van der Waals surface area contributed by atoms with Crippen molar-refractivity contribution in [2.75, 3.05) is 13.1 Å². The number of carbonyl (C=O) groups excluding carboxylic acids is 1. The Morgan fingerprint density at radius 1 is 1.35 bits per heavy atom. The van der Waals surface area contributed by atoms with Gasteiger partial charge in [-0.05, 0) is 31.8 Å². The molecule has 1 aliphatic rings. The Morgan fingerprint density at radius 3 is 2.29 bits per heavy atom. The van der Waals surface area contributed by atoms with E-state index < -0.39 is 32.6 Å². The zero-order valence-corrected chi connectivity index (χ0v) is 10.7. The van der Waals surface area contributed by atoms with Crippen molar-refractivity contribution in [1.29, 1.82) is 0 Å². The van der Waals surface area contributed by atoms with Crippen LogP contribution in [0, 0.1) is 5.92 Å². The molecule has 1 fully saturated rings. The van der Waals surface area contributed by atoms with Crippen molar-refractivity contribution >= 4 is 21.1 Å². The Morgan fingerprint density at radius 2 is 1.94 bits per heavy atom. The van der Waals surface area contributed by atoms with Gasteiger partial charge in [0.05, 0.1) is 0 Å². The molecule has 0 aliphatic carbocycles. The third-order valence-corrected chi connectivity index (χ3v) is 5.15. The number of nitrogens with one attached hydrogen (secondary N) is 1. The minimum atomic E-state index is -4.88. The fraction of sp³-hybridized carbons (Fsp3) is 0.857. The number of rotatable bonds is 4. The van der Waals surface area contributed by atoms with Gasteiger partial charge in [-0.15, -0.1) is 0 Å². The van der Waals surface area contributed by atoms with Gasteiger partial charge in [0.2, 0.25) is 0 Å². The van der Waals surface area contributed by atoms with Crippen LogP contribution in [0.3, 0.4) is 0 Å². The lowest BCUT2D eigenvalue weighted by Crippen LogP contribution is -2.41. The second-order valence-corrected chi connectivity index (χ2v) is 7.36.